The van der Waals surface area contributed by atoms with Gasteiger partial charge in [0, 0.05) is 18.2 Å². The van der Waals surface area contributed by atoms with Gasteiger partial charge in [-0.05, 0) is 18.9 Å². The van der Waals surface area contributed by atoms with Gasteiger partial charge in [-0.3, -0.25) is 4.79 Å². The molecular formula is C18H21NO7S. The summed E-state index contributed by atoms with van der Waals surface area (Å²) in [6.07, 6.45) is 0.183. The van der Waals surface area contributed by atoms with Crippen molar-refractivity contribution in [3.8, 4) is 11.5 Å². The Bertz CT molecular complexity index is 1060. The molecule has 1 aliphatic heterocycles. The molecular weight excluding hydrogens is 374 g/mol. The van der Waals surface area contributed by atoms with Gasteiger partial charge in [-0.2, -0.15) is 0 Å². The number of carbonyl (C=O) groups excluding carboxylic acids is 1. The van der Waals surface area contributed by atoms with Crippen LogP contribution in [0.4, 0.5) is 0 Å². The molecule has 8 nitrogen and oxygen atoms in total. The smallest absolute Gasteiger partial charge is 0.340 e. The van der Waals surface area contributed by atoms with Gasteiger partial charge < -0.3 is 19.2 Å². The van der Waals surface area contributed by atoms with Gasteiger partial charge in [-0.1, -0.05) is 0 Å². The highest BCUT2D eigenvalue weighted by molar-refractivity contribution is 7.91. The van der Waals surface area contributed by atoms with Crippen molar-refractivity contribution in [2.45, 2.75) is 25.8 Å². The lowest BCUT2D eigenvalue weighted by atomic mass is 10.0. The van der Waals surface area contributed by atoms with Gasteiger partial charge in [-0.15, -0.1) is 0 Å². The van der Waals surface area contributed by atoms with Crippen molar-refractivity contribution < 1.29 is 27.1 Å². The van der Waals surface area contributed by atoms with E-state index in [0.29, 0.717) is 34.5 Å². The molecule has 3 rings (SSSR count). The Morgan fingerprint density at radius 1 is 1.30 bits per heavy atom. The summed E-state index contributed by atoms with van der Waals surface area (Å²) in [5.41, 5.74) is 0.475. The standard InChI is InChI=1S/C18H21NO7S/c1-10-13(8-16(20)19-11-4-5-27(22,23)9-11)18(21)26-15-7-12(24-2)6-14(25-3)17(10)15/h6-7,11H,4-5,8-9H2,1-3H3,(H,19,20). The monoisotopic (exact) mass is 395 g/mol. The van der Waals surface area contributed by atoms with Crippen LogP contribution in [-0.2, 0) is 21.1 Å². The maximum absolute atomic E-state index is 12.4. The van der Waals surface area contributed by atoms with Crippen molar-refractivity contribution in [3.63, 3.8) is 0 Å². The van der Waals surface area contributed by atoms with E-state index in [9.17, 15) is 18.0 Å². The van der Waals surface area contributed by atoms with Crippen molar-refractivity contribution in [2.75, 3.05) is 25.7 Å². The highest BCUT2D eigenvalue weighted by atomic mass is 32.2. The quantitative estimate of drug-likeness (QED) is 0.751. The van der Waals surface area contributed by atoms with E-state index >= 15 is 0 Å². The highest BCUT2D eigenvalue weighted by Gasteiger charge is 2.29. The van der Waals surface area contributed by atoms with Gasteiger partial charge in [0.15, 0.2) is 9.84 Å². The van der Waals surface area contributed by atoms with E-state index in [4.69, 9.17) is 13.9 Å². The molecule has 27 heavy (non-hydrogen) atoms. The SMILES string of the molecule is COc1cc(OC)c2c(C)c(CC(=O)NC3CCS(=O)(=O)C3)c(=O)oc2c1. The average molecular weight is 395 g/mol. The molecule has 0 spiro atoms. The predicted octanol–water partition coefficient (Wildman–Crippen LogP) is 0.964. The van der Waals surface area contributed by atoms with E-state index in [1.165, 1.54) is 14.2 Å². The number of fused-ring (bicyclic) bond motifs is 1. The van der Waals surface area contributed by atoms with E-state index in [1.54, 1.807) is 19.1 Å². The topological polar surface area (TPSA) is 112 Å². The highest BCUT2D eigenvalue weighted by Crippen LogP contribution is 2.33. The van der Waals surface area contributed by atoms with Crippen molar-refractivity contribution >= 4 is 26.7 Å². The molecule has 0 aliphatic carbocycles. The summed E-state index contributed by atoms with van der Waals surface area (Å²) in [7, 11) is -0.113. The van der Waals surface area contributed by atoms with Gasteiger partial charge in [0.1, 0.15) is 17.1 Å². The summed E-state index contributed by atoms with van der Waals surface area (Å²) in [6.45, 7) is 1.72. The summed E-state index contributed by atoms with van der Waals surface area (Å²) in [5, 5.41) is 3.27. The number of carbonyl (C=O) groups is 1. The van der Waals surface area contributed by atoms with E-state index < -0.39 is 27.4 Å². The minimum absolute atomic E-state index is 0.0636. The van der Waals surface area contributed by atoms with Crippen LogP contribution in [0.1, 0.15) is 17.5 Å². The number of ether oxygens (including phenoxy) is 2. The van der Waals surface area contributed by atoms with Crippen molar-refractivity contribution in [1.82, 2.24) is 5.32 Å². The van der Waals surface area contributed by atoms with Crippen LogP contribution in [0.15, 0.2) is 21.3 Å². The number of aryl methyl sites for hydroxylation is 1. The molecule has 146 valence electrons. The fourth-order valence-corrected chi connectivity index (χ4v) is 4.99. The van der Waals surface area contributed by atoms with Crippen LogP contribution in [0.5, 0.6) is 11.5 Å². The molecule has 0 bridgehead atoms. The molecule has 9 heteroatoms. The number of sulfone groups is 1. The Balaban J connectivity index is 1.93. The second kappa shape index (κ2) is 7.22. The normalized spacial score (nSPS) is 18.4. The Morgan fingerprint density at radius 3 is 2.63 bits per heavy atom. The largest absolute Gasteiger partial charge is 0.496 e. The predicted molar refractivity (Wildman–Crippen MR) is 99.2 cm³/mol. The number of benzene rings is 1. The first-order chi connectivity index (χ1) is 12.7. The van der Waals surface area contributed by atoms with Crippen LogP contribution in [-0.4, -0.2) is 46.1 Å². The summed E-state index contributed by atoms with van der Waals surface area (Å²) in [6, 6.07) is 2.83. The minimum atomic E-state index is -3.10. The van der Waals surface area contributed by atoms with E-state index in [2.05, 4.69) is 5.32 Å². The number of hydrogen-bond donors (Lipinski definition) is 1. The Kier molecular flexibility index (Phi) is 5.14. The molecule has 0 saturated carbocycles. The van der Waals surface area contributed by atoms with Gasteiger partial charge in [0.25, 0.3) is 0 Å². The summed E-state index contributed by atoms with van der Waals surface area (Å²) in [5.74, 6) is 0.523. The fraction of sp³-hybridized carbons (Fsp3) is 0.444. The Labute approximate surface area is 156 Å². The number of rotatable bonds is 5. The minimum Gasteiger partial charge on any atom is -0.496 e. The maximum Gasteiger partial charge on any atom is 0.340 e. The average Bonchev–Trinajstić information content (AvgIpc) is 2.95. The third kappa shape index (κ3) is 3.92. The molecule has 1 unspecified atom stereocenters. The van der Waals surface area contributed by atoms with Gasteiger partial charge in [0.05, 0.1) is 43.1 Å². The lowest BCUT2D eigenvalue weighted by molar-refractivity contribution is -0.121. The molecule has 1 N–H and O–H groups in total. The fourth-order valence-electron chi connectivity index (χ4n) is 3.31. The van der Waals surface area contributed by atoms with Gasteiger partial charge >= 0.3 is 5.63 Å². The first-order valence-electron chi connectivity index (χ1n) is 8.42. The van der Waals surface area contributed by atoms with Crippen LogP contribution in [0.3, 0.4) is 0 Å². The Morgan fingerprint density at radius 2 is 2.04 bits per heavy atom. The third-order valence-electron chi connectivity index (χ3n) is 4.71. The van der Waals surface area contributed by atoms with Crippen LogP contribution >= 0.6 is 0 Å². The summed E-state index contributed by atoms with van der Waals surface area (Å²) >= 11 is 0. The second-order valence-corrected chi connectivity index (χ2v) is 8.77. The second-order valence-electron chi connectivity index (χ2n) is 6.54. The maximum atomic E-state index is 12.4. The lowest BCUT2D eigenvalue weighted by Crippen LogP contribution is -2.37. The molecule has 1 atom stereocenters. The Hall–Kier alpha value is -2.55. The van der Waals surface area contributed by atoms with Crippen molar-refractivity contribution in [1.29, 1.82) is 0 Å². The van der Waals surface area contributed by atoms with Crippen molar-refractivity contribution in [2.24, 2.45) is 0 Å². The zero-order valence-electron chi connectivity index (χ0n) is 15.3. The zero-order chi connectivity index (χ0) is 19.8. The van der Waals surface area contributed by atoms with Crippen molar-refractivity contribution in [3.05, 3.63) is 33.7 Å². The zero-order valence-corrected chi connectivity index (χ0v) is 16.1. The van der Waals surface area contributed by atoms with E-state index in [0.717, 1.165) is 0 Å². The number of hydrogen-bond acceptors (Lipinski definition) is 7. The molecule has 1 fully saturated rings. The van der Waals surface area contributed by atoms with Gasteiger partial charge in [-0.25, -0.2) is 13.2 Å². The first-order valence-corrected chi connectivity index (χ1v) is 10.2. The van der Waals surface area contributed by atoms with Gasteiger partial charge in [0.2, 0.25) is 5.91 Å². The molecule has 0 radical (unpaired) electrons. The molecule has 2 heterocycles. The number of methoxy groups -OCH3 is 2. The molecule has 1 aromatic carbocycles. The van der Waals surface area contributed by atoms with Crippen LogP contribution in [0, 0.1) is 6.92 Å². The summed E-state index contributed by atoms with van der Waals surface area (Å²) in [4.78, 5) is 24.7. The lowest BCUT2D eigenvalue weighted by Gasteiger charge is -2.14. The van der Waals surface area contributed by atoms with E-state index in [-0.39, 0.29) is 23.5 Å². The van der Waals surface area contributed by atoms with Crippen LogP contribution in [0.25, 0.3) is 11.0 Å². The van der Waals surface area contributed by atoms with E-state index in [1.807, 2.05) is 0 Å². The van der Waals surface area contributed by atoms with Crippen LogP contribution in [0.2, 0.25) is 0 Å². The first kappa shape index (κ1) is 19.2. The molecule has 1 aliphatic rings. The molecule has 1 aromatic heterocycles. The summed E-state index contributed by atoms with van der Waals surface area (Å²) < 4.78 is 39.0. The molecule has 1 saturated heterocycles. The number of amides is 1. The number of nitrogens with one attached hydrogen (secondary N) is 1. The van der Waals surface area contributed by atoms with Crippen LogP contribution < -0.4 is 20.4 Å². The molecule has 2 aromatic rings. The molecule has 1 amide bonds. The third-order valence-corrected chi connectivity index (χ3v) is 6.47.